The third-order valence-electron chi connectivity index (χ3n) is 3.97. The summed E-state index contributed by atoms with van der Waals surface area (Å²) in [4.78, 5) is 11.9. The summed E-state index contributed by atoms with van der Waals surface area (Å²) in [6, 6.07) is 7.76. The Balaban J connectivity index is 1.69. The molecular weight excluding hydrogens is 268 g/mol. The lowest BCUT2D eigenvalue weighted by atomic mass is 9.82. The monoisotopic (exact) mass is 286 g/mol. The number of amides is 1. The number of nitrogens with zero attached hydrogens (tertiary/aromatic N) is 1. The fraction of sp³-hybridized carbons (Fsp3) is 0.375. The molecule has 2 aromatic rings. The van der Waals surface area contributed by atoms with Gasteiger partial charge >= 0.3 is 0 Å². The molecule has 1 aromatic heterocycles. The van der Waals surface area contributed by atoms with Gasteiger partial charge in [0.15, 0.2) is 5.69 Å². The minimum Gasteiger partial charge on any atom is -0.497 e. The number of carbonyl (C=O) groups is 1. The van der Waals surface area contributed by atoms with Crippen molar-refractivity contribution < 1.29 is 14.1 Å². The first-order chi connectivity index (χ1) is 10.3. The Hall–Kier alpha value is -2.30. The zero-order valence-electron chi connectivity index (χ0n) is 12.0. The third kappa shape index (κ3) is 2.91. The molecule has 1 aliphatic rings. The number of methoxy groups -OCH3 is 1. The Morgan fingerprint density at radius 2 is 2.38 bits per heavy atom. The van der Waals surface area contributed by atoms with E-state index in [0.29, 0.717) is 18.2 Å². The standard InChI is InChI=1S/C16H18N2O3/c1-20-13-5-6-14-11(9-13)3-2-4-12(14)10-17-16(19)15-7-8-21-18-15/h5-9,12H,2-4,10H2,1H3,(H,17,19)/t12-/m0/s1. The number of hydrogen-bond acceptors (Lipinski definition) is 4. The molecule has 0 spiro atoms. The van der Waals surface area contributed by atoms with E-state index in [0.717, 1.165) is 25.0 Å². The number of nitrogens with one attached hydrogen (secondary N) is 1. The second-order valence-corrected chi connectivity index (χ2v) is 5.25. The maximum atomic E-state index is 11.9. The summed E-state index contributed by atoms with van der Waals surface area (Å²) < 4.78 is 9.96. The summed E-state index contributed by atoms with van der Waals surface area (Å²) in [5, 5.41) is 6.57. The van der Waals surface area contributed by atoms with Gasteiger partial charge in [0.25, 0.3) is 5.91 Å². The molecule has 0 saturated carbocycles. The van der Waals surface area contributed by atoms with Crippen LogP contribution in [0.2, 0.25) is 0 Å². The van der Waals surface area contributed by atoms with Crippen molar-refractivity contribution in [3.8, 4) is 5.75 Å². The van der Waals surface area contributed by atoms with Gasteiger partial charge in [-0.3, -0.25) is 4.79 Å². The highest BCUT2D eigenvalue weighted by Gasteiger charge is 2.21. The van der Waals surface area contributed by atoms with Gasteiger partial charge in [0, 0.05) is 18.5 Å². The van der Waals surface area contributed by atoms with Crippen molar-refractivity contribution in [2.24, 2.45) is 0 Å². The Morgan fingerprint density at radius 3 is 3.14 bits per heavy atom. The Kier molecular flexibility index (Phi) is 3.90. The van der Waals surface area contributed by atoms with Crippen LogP contribution in [0.1, 0.15) is 40.4 Å². The number of rotatable bonds is 4. The molecule has 0 bridgehead atoms. The first-order valence-corrected chi connectivity index (χ1v) is 7.13. The molecule has 1 amide bonds. The summed E-state index contributed by atoms with van der Waals surface area (Å²) in [7, 11) is 1.68. The van der Waals surface area contributed by atoms with Gasteiger partial charge in [-0.2, -0.15) is 0 Å². The molecule has 0 unspecified atom stereocenters. The van der Waals surface area contributed by atoms with E-state index in [9.17, 15) is 4.79 Å². The zero-order valence-corrected chi connectivity index (χ0v) is 12.0. The fourth-order valence-electron chi connectivity index (χ4n) is 2.87. The maximum Gasteiger partial charge on any atom is 0.273 e. The number of hydrogen-bond donors (Lipinski definition) is 1. The predicted octanol–water partition coefficient (Wildman–Crippen LogP) is 2.53. The van der Waals surface area contributed by atoms with Gasteiger partial charge in [-0.05, 0) is 42.5 Å². The summed E-state index contributed by atoms with van der Waals surface area (Å²) in [5.41, 5.74) is 2.95. The van der Waals surface area contributed by atoms with Crippen molar-refractivity contribution in [2.75, 3.05) is 13.7 Å². The largest absolute Gasteiger partial charge is 0.497 e. The molecule has 21 heavy (non-hydrogen) atoms. The number of fused-ring (bicyclic) bond motifs is 1. The highest BCUT2D eigenvalue weighted by molar-refractivity contribution is 5.91. The van der Waals surface area contributed by atoms with Crippen LogP contribution in [-0.4, -0.2) is 24.7 Å². The van der Waals surface area contributed by atoms with Gasteiger partial charge in [-0.25, -0.2) is 0 Å². The molecule has 0 saturated heterocycles. The molecule has 1 N–H and O–H groups in total. The lowest BCUT2D eigenvalue weighted by Gasteiger charge is -2.26. The normalized spacial score (nSPS) is 17.1. The van der Waals surface area contributed by atoms with Crippen LogP contribution in [-0.2, 0) is 6.42 Å². The first kappa shape index (κ1) is 13.7. The van der Waals surface area contributed by atoms with Gasteiger partial charge < -0.3 is 14.6 Å². The molecule has 5 heteroatoms. The quantitative estimate of drug-likeness (QED) is 0.938. The van der Waals surface area contributed by atoms with Crippen LogP contribution in [0.25, 0.3) is 0 Å². The number of carbonyl (C=O) groups excluding carboxylic acids is 1. The summed E-state index contributed by atoms with van der Waals surface area (Å²) >= 11 is 0. The molecule has 3 rings (SSSR count). The van der Waals surface area contributed by atoms with E-state index in [-0.39, 0.29) is 5.91 Å². The van der Waals surface area contributed by atoms with Crippen LogP contribution in [0.3, 0.4) is 0 Å². The Bertz CT molecular complexity index is 622. The van der Waals surface area contributed by atoms with Crippen LogP contribution >= 0.6 is 0 Å². The smallest absolute Gasteiger partial charge is 0.273 e. The van der Waals surface area contributed by atoms with Gasteiger partial charge in [0.2, 0.25) is 0 Å². The van der Waals surface area contributed by atoms with Crippen molar-refractivity contribution in [3.63, 3.8) is 0 Å². The van der Waals surface area contributed by atoms with Crippen LogP contribution < -0.4 is 10.1 Å². The van der Waals surface area contributed by atoms with E-state index in [1.807, 2.05) is 6.07 Å². The topological polar surface area (TPSA) is 64.4 Å². The number of aryl methyl sites for hydroxylation is 1. The van der Waals surface area contributed by atoms with E-state index >= 15 is 0 Å². The predicted molar refractivity (Wildman–Crippen MR) is 77.5 cm³/mol. The number of aromatic nitrogens is 1. The molecule has 110 valence electrons. The van der Waals surface area contributed by atoms with E-state index in [1.165, 1.54) is 17.4 Å². The molecule has 1 atom stereocenters. The van der Waals surface area contributed by atoms with Crippen molar-refractivity contribution in [3.05, 3.63) is 47.3 Å². The van der Waals surface area contributed by atoms with Crippen molar-refractivity contribution in [1.82, 2.24) is 10.5 Å². The number of benzene rings is 1. The lowest BCUT2D eigenvalue weighted by molar-refractivity contribution is 0.0941. The third-order valence-corrected chi connectivity index (χ3v) is 3.97. The fourth-order valence-corrected chi connectivity index (χ4v) is 2.87. The van der Waals surface area contributed by atoms with E-state index < -0.39 is 0 Å². The van der Waals surface area contributed by atoms with Crippen LogP contribution in [0.4, 0.5) is 0 Å². The summed E-state index contributed by atoms with van der Waals surface area (Å²) in [5.74, 6) is 1.04. The highest BCUT2D eigenvalue weighted by atomic mass is 16.5. The lowest BCUT2D eigenvalue weighted by Crippen LogP contribution is -2.30. The van der Waals surface area contributed by atoms with Gasteiger partial charge in [-0.1, -0.05) is 11.2 Å². The minimum absolute atomic E-state index is 0.190. The van der Waals surface area contributed by atoms with Crippen LogP contribution in [0.15, 0.2) is 35.1 Å². The van der Waals surface area contributed by atoms with E-state index in [4.69, 9.17) is 4.74 Å². The highest BCUT2D eigenvalue weighted by Crippen LogP contribution is 2.33. The second-order valence-electron chi connectivity index (χ2n) is 5.25. The zero-order chi connectivity index (χ0) is 14.7. The molecule has 1 aliphatic carbocycles. The maximum absolute atomic E-state index is 11.9. The van der Waals surface area contributed by atoms with Crippen LogP contribution in [0, 0.1) is 0 Å². The average molecular weight is 286 g/mol. The second kappa shape index (κ2) is 5.99. The molecular formula is C16H18N2O3. The van der Waals surface area contributed by atoms with Crippen molar-refractivity contribution >= 4 is 5.91 Å². The first-order valence-electron chi connectivity index (χ1n) is 7.13. The molecule has 1 aromatic carbocycles. The van der Waals surface area contributed by atoms with Gasteiger partial charge in [-0.15, -0.1) is 0 Å². The van der Waals surface area contributed by atoms with Crippen molar-refractivity contribution in [2.45, 2.75) is 25.2 Å². The molecule has 1 heterocycles. The minimum atomic E-state index is -0.190. The summed E-state index contributed by atoms with van der Waals surface area (Å²) in [6.45, 7) is 0.616. The van der Waals surface area contributed by atoms with Gasteiger partial charge in [0.05, 0.1) is 7.11 Å². The van der Waals surface area contributed by atoms with E-state index in [1.54, 1.807) is 13.2 Å². The van der Waals surface area contributed by atoms with Gasteiger partial charge in [0.1, 0.15) is 12.0 Å². The molecule has 5 nitrogen and oxygen atoms in total. The Morgan fingerprint density at radius 1 is 1.48 bits per heavy atom. The molecule has 0 aliphatic heterocycles. The number of ether oxygens (including phenoxy) is 1. The Labute approximate surface area is 123 Å². The summed E-state index contributed by atoms with van der Waals surface area (Å²) in [6.07, 6.45) is 4.68. The molecule has 0 radical (unpaired) electrons. The van der Waals surface area contributed by atoms with Crippen molar-refractivity contribution in [1.29, 1.82) is 0 Å². The van der Waals surface area contributed by atoms with Crippen LogP contribution in [0.5, 0.6) is 5.75 Å². The van der Waals surface area contributed by atoms with E-state index in [2.05, 4.69) is 27.1 Å². The SMILES string of the molecule is COc1ccc2c(c1)CCC[C@H]2CNC(=O)c1ccon1. The molecule has 0 fully saturated rings. The average Bonchev–Trinajstić information content (AvgIpc) is 3.06.